The smallest absolute Gasteiger partial charge is 1.00 e. The third kappa shape index (κ3) is 6.99. The molecule has 0 saturated heterocycles. The molecule has 0 amide bonds. The molecular formula is C18H22Cl4N3SZn-. The number of rotatable bonds is 3. The van der Waals surface area contributed by atoms with E-state index in [-0.39, 0.29) is 69.1 Å². The Balaban J connectivity index is -0.00000115. The van der Waals surface area contributed by atoms with Gasteiger partial charge in [0.15, 0.2) is 0 Å². The summed E-state index contributed by atoms with van der Waals surface area (Å²) in [7, 11) is 4.14. The van der Waals surface area contributed by atoms with Gasteiger partial charge in [-0.15, -0.1) is 11.3 Å². The monoisotopic (exact) mass is 516 g/mol. The minimum absolute atomic E-state index is 0. The van der Waals surface area contributed by atoms with Crippen LogP contribution in [-0.4, -0.2) is 32.2 Å². The van der Waals surface area contributed by atoms with E-state index in [0.717, 1.165) is 24.3 Å². The molecule has 3 rings (SSSR count). The maximum Gasteiger partial charge on any atom is 2.00 e. The van der Waals surface area contributed by atoms with Gasteiger partial charge in [-0.2, -0.15) is 0 Å². The number of benzene rings is 2. The molecule has 0 saturated carbocycles. The fourth-order valence-electron chi connectivity index (χ4n) is 2.67. The van der Waals surface area contributed by atoms with Crippen LogP contribution in [0.4, 0.5) is 5.69 Å². The van der Waals surface area contributed by atoms with Crippen LogP contribution in [0.3, 0.4) is 0 Å². The average molecular weight is 520 g/mol. The fraction of sp³-hybridized carbons (Fsp3) is 0.333. The van der Waals surface area contributed by atoms with Crippen LogP contribution in [0, 0.1) is 0 Å². The van der Waals surface area contributed by atoms with Gasteiger partial charge in [0.2, 0.25) is 5.36 Å². The molecule has 2 aliphatic rings. The number of fused-ring (bicyclic) bond motifs is 2. The zero-order valence-electron chi connectivity index (χ0n) is 15.8. The Labute approximate surface area is 203 Å². The van der Waals surface area contributed by atoms with E-state index in [4.69, 9.17) is 4.98 Å². The molecule has 0 unspecified atom stereocenters. The largest absolute Gasteiger partial charge is 2.00 e. The summed E-state index contributed by atoms with van der Waals surface area (Å²) in [6.07, 6.45) is 0. The molecule has 0 bridgehead atoms. The van der Waals surface area contributed by atoms with Gasteiger partial charge >= 0.3 is 19.5 Å². The molecule has 1 aromatic rings. The Bertz CT molecular complexity index is 865. The van der Waals surface area contributed by atoms with E-state index in [0.29, 0.717) is 0 Å². The molecule has 1 aliphatic heterocycles. The first-order chi connectivity index (χ1) is 10.6. The first-order valence-corrected chi connectivity index (χ1v) is 8.54. The van der Waals surface area contributed by atoms with E-state index < -0.39 is 0 Å². The number of hydrogen-bond donors (Lipinski definition) is 0. The van der Waals surface area contributed by atoms with E-state index in [1.165, 1.54) is 20.6 Å². The van der Waals surface area contributed by atoms with Crippen LogP contribution in [0.15, 0.2) is 36.4 Å². The Hall–Kier alpha value is -0.157. The van der Waals surface area contributed by atoms with E-state index in [1.54, 1.807) is 0 Å². The maximum absolute atomic E-state index is 4.80. The van der Waals surface area contributed by atoms with Crippen molar-refractivity contribution in [2.45, 2.75) is 13.8 Å². The molecule has 1 aromatic carbocycles. The molecule has 1 aliphatic carbocycles. The Morgan fingerprint density at radius 3 is 2.11 bits per heavy atom. The van der Waals surface area contributed by atoms with Crippen molar-refractivity contribution < 1.29 is 69.1 Å². The zero-order chi connectivity index (χ0) is 15.7. The average Bonchev–Trinajstić information content (AvgIpc) is 2.53. The van der Waals surface area contributed by atoms with Crippen LogP contribution in [-0.2, 0) is 19.5 Å². The molecule has 27 heavy (non-hydrogen) atoms. The molecule has 3 nitrogen and oxygen atoms in total. The van der Waals surface area contributed by atoms with Gasteiger partial charge in [0.1, 0.15) is 14.1 Å². The molecule has 0 fully saturated rings. The summed E-state index contributed by atoms with van der Waals surface area (Å²) >= 11 is 1.82. The summed E-state index contributed by atoms with van der Waals surface area (Å²) in [5, 5.41) is 1.21. The van der Waals surface area contributed by atoms with Crippen LogP contribution >= 0.6 is 11.3 Å². The van der Waals surface area contributed by atoms with E-state index in [1.807, 2.05) is 11.3 Å². The third-order valence-electron chi connectivity index (χ3n) is 3.99. The number of nitrogens with zero attached hydrogens (tertiary/aromatic N) is 3. The van der Waals surface area contributed by atoms with Crippen molar-refractivity contribution in [3.63, 3.8) is 0 Å². The summed E-state index contributed by atoms with van der Waals surface area (Å²) in [6.45, 7) is 6.44. The Kier molecular flexibility index (Phi) is 16.3. The molecule has 0 aromatic heterocycles. The number of hydrogen-bond acceptors (Lipinski definition) is 3. The predicted molar refractivity (Wildman–Crippen MR) is 96.9 cm³/mol. The molecule has 0 spiro atoms. The van der Waals surface area contributed by atoms with Gasteiger partial charge in [0.25, 0.3) is 0 Å². The summed E-state index contributed by atoms with van der Waals surface area (Å²) in [4.78, 5) is 8.40. The van der Waals surface area contributed by atoms with Crippen LogP contribution in [0.25, 0.3) is 20.8 Å². The van der Waals surface area contributed by atoms with E-state index in [9.17, 15) is 0 Å². The Morgan fingerprint density at radius 2 is 1.56 bits per heavy atom. The van der Waals surface area contributed by atoms with Crippen molar-refractivity contribution >= 4 is 27.2 Å². The standard InChI is InChI=1S/C18H22N3S.4ClH.Zn/c1-5-21(6-2)14-8-10-16-18(12-14)22-17-11-13(20(3)4)7-9-15(17)19-16;;;;;/h7-12H,5-6H2,1-4H3;4*1H;/q+1;;;;;+2/p-4. The number of aromatic nitrogens is 1. The Morgan fingerprint density at radius 1 is 0.926 bits per heavy atom. The number of halogens is 4. The zero-order valence-corrected chi connectivity index (χ0v) is 22.7. The topological polar surface area (TPSA) is 19.1 Å². The predicted octanol–water partition coefficient (Wildman–Crippen LogP) is -8.71. The SMILES string of the molecule is CCN(CC)c1ccc2nc3ccc(=[N+](C)C)cc-3sc2c1.[Cl-].[Cl-].[Cl-].[Cl-].[Zn+2]. The molecule has 0 atom stereocenters. The molecule has 0 radical (unpaired) electrons. The summed E-state index contributed by atoms with van der Waals surface area (Å²) in [5.41, 5.74) is 3.42. The van der Waals surface area contributed by atoms with Gasteiger partial charge in [-0.05, 0) is 38.1 Å². The summed E-state index contributed by atoms with van der Waals surface area (Å²) < 4.78 is 3.37. The molecule has 9 heteroatoms. The van der Waals surface area contributed by atoms with Crippen molar-refractivity contribution in [1.29, 1.82) is 0 Å². The van der Waals surface area contributed by atoms with Crippen LogP contribution in [0.2, 0.25) is 0 Å². The molecule has 146 valence electrons. The minimum Gasteiger partial charge on any atom is -1.00 e. The molecule has 0 N–H and O–H groups in total. The van der Waals surface area contributed by atoms with Crippen molar-refractivity contribution in [3.05, 3.63) is 41.8 Å². The van der Waals surface area contributed by atoms with Gasteiger partial charge in [0.05, 0.1) is 20.8 Å². The second kappa shape index (κ2) is 13.9. The first kappa shape index (κ1) is 31.5. The maximum atomic E-state index is 4.80. The van der Waals surface area contributed by atoms with Crippen LogP contribution in [0.5, 0.6) is 0 Å². The normalized spacial score (nSPS) is 9.04. The summed E-state index contributed by atoms with van der Waals surface area (Å²) in [5.74, 6) is 0. The summed E-state index contributed by atoms with van der Waals surface area (Å²) in [6, 6.07) is 13.0. The minimum atomic E-state index is 0. The van der Waals surface area contributed by atoms with Crippen LogP contribution < -0.4 is 64.5 Å². The van der Waals surface area contributed by atoms with Gasteiger partial charge in [-0.1, -0.05) is 0 Å². The van der Waals surface area contributed by atoms with Gasteiger partial charge < -0.3 is 54.5 Å². The quantitative estimate of drug-likeness (QED) is 0.195. The van der Waals surface area contributed by atoms with Crippen molar-refractivity contribution in [2.24, 2.45) is 0 Å². The van der Waals surface area contributed by atoms with E-state index >= 15 is 0 Å². The molecule has 1 heterocycles. The van der Waals surface area contributed by atoms with Crippen molar-refractivity contribution in [2.75, 3.05) is 32.1 Å². The second-order valence-corrected chi connectivity index (χ2v) is 6.67. The van der Waals surface area contributed by atoms with Gasteiger partial charge in [-0.25, -0.2) is 9.56 Å². The fourth-order valence-corrected chi connectivity index (χ4v) is 3.70. The molecular weight excluding hydrogens is 497 g/mol. The van der Waals surface area contributed by atoms with Gasteiger partial charge in [0, 0.05) is 30.9 Å². The second-order valence-electron chi connectivity index (χ2n) is 5.58. The van der Waals surface area contributed by atoms with Crippen molar-refractivity contribution in [1.82, 2.24) is 9.56 Å². The first-order valence-electron chi connectivity index (χ1n) is 7.72. The van der Waals surface area contributed by atoms with Gasteiger partial charge in [-0.3, -0.25) is 0 Å². The number of anilines is 1. The van der Waals surface area contributed by atoms with Crippen LogP contribution in [0.1, 0.15) is 13.8 Å². The third-order valence-corrected chi connectivity index (χ3v) is 5.09. The van der Waals surface area contributed by atoms with E-state index in [2.05, 4.69) is 73.8 Å². The van der Waals surface area contributed by atoms with Crippen molar-refractivity contribution in [3.8, 4) is 10.6 Å².